The molecule has 1 saturated heterocycles. The van der Waals surface area contributed by atoms with E-state index in [0.717, 1.165) is 23.1 Å². The fourth-order valence-corrected chi connectivity index (χ4v) is 3.42. The molecule has 28 heavy (non-hydrogen) atoms. The highest BCUT2D eigenvalue weighted by molar-refractivity contribution is 6.32. The molecule has 1 aliphatic rings. The molecule has 1 aliphatic heterocycles. The van der Waals surface area contributed by atoms with E-state index >= 15 is 0 Å². The first-order valence-electron chi connectivity index (χ1n) is 8.18. The van der Waals surface area contributed by atoms with E-state index in [-0.39, 0.29) is 5.69 Å². The third-order valence-corrected chi connectivity index (χ3v) is 4.94. The Hall–Kier alpha value is -2.44. The third-order valence-electron chi connectivity index (χ3n) is 4.64. The number of amides is 1. The van der Waals surface area contributed by atoms with Gasteiger partial charge in [-0.05, 0) is 49.8 Å². The molecule has 1 unspecified atom stereocenters. The van der Waals surface area contributed by atoms with Crippen LogP contribution < -0.4 is 9.64 Å². The van der Waals surface area contributed by atoms with Gasteiger partial charge in [0.25, 0.3) is 0 Å². The van der Waals surface area contributed by atoms with Gasteiger partial charge in [-0.15, -0.1) is 19.6 Å². The summed E-state index contributed by atoms with van der Waals surface area (Å²) < 4.78 is 46.4. The molecule has 0 saturated carbocycles. The standard InChI is InChI=1S/C18H17ClF3NO5/c1-3-15(24)23(17(2,16(25)26)11-6-8-27-9-7-11)12-4-5-14(13(19)10-12)28-18(20,21)22/h1,4-5,10-11H,6-9H2,2H3,(H,25,26). The zero-order chi connectivity index (χ0) is 21.1. The second kappa shape index (κ2) is 8.29. The Bertz CT molecular complexity index is 801. The predicted molar refractivity (Wildman–Crippen MR) is 94.0 cm³/mol. The number of halogens is 4. The zero-order valence-electron chi connectivity index (χ0n) is 14.8. The third kappa shape index (κ3) is 4.51. The first kappa shape index (κ1) is 21.9. The lowest BCUT2D eigenvalue weighted by Gasteiger charge is -2.43. The summed E-state index contributed by atoms with van der Waals surface area (Å²) in [5.74, 6) is -1.58. The number of ether oxygens (including phenoxy) is 2. The second-order valence-corrected chi connectivity index (χ2v) is 6.69. The molecule has 1 N–H and O–H groups in total. The van der Waals surface area contributed by atoms with E-state index < -0.39 is 40.5 Å². The van der Waals surface area contributed by atoms with Gasteiger partial charge in [0.15, 0.2) is 0 Å². The van der Waals surface area contributed by atoms with E-state index in [1.54, 1.807) is 0 Å². The summed E-state index contributed by atoms with van der Waals surface area (Å²) in [6, 6.07) is 3.01. The van der Waals surface area contributed by atoms with Gasteiger partial charge >= 0.3 is 18.2 Å². The normalized spacial score (nSPS) is 17.3. The van der Waals surface area contributed by atoms with Gasteiger partial charge in [0, 0.05) is 18.9 Å². The van der Waals surface area contributed by atoms with Crippen molar-refractivity contribution in [3.05, 3.63) is 23.2 Å². The Kier molecular flexibility index (Phi) is 6.47. The topological polar surface area (TPSA) is 76.1 Å². The Balaban J connectivity index is 2.53. The molecular formula is C18H17ClF3NO5. The fraction of sp³-hybridized carbons (Fsp3) is 0.444. The maximum absolute atomic E-state index is 12.5. The minimum Gasteiger partial charge on any atom is -0.479 e. The summed E-state index contributed by atoms with van der Waals surface area (Å²) in [5, 5.41) is 9.47. The SMILES string of the molecule is C#CC(=O)N(c1ccc(OC(F)(F)F)c(Cl)c1)C(C)(C(=O)O)C1CCOCC1. The smallest absolute Gasteiger partial charge is 0.479 e. The lowest BCUT2D eigenvalue weighted by molar-refractivity contribution is -0.274. The predicted octanol–water partition coefficient (Wildman–Crippen LogP) is 3.47. The number of aliphatic carboxylic acids is 1. The summed E-state index contributed by atoms with van der Waals surface area (Å²) in [6.45, 7) is 1.96. The van der Waals surface area contributed by atoms with Crippen LogP contribution >= 0.6 is 11.6 Å². The van der Waals surface area contributed by atoms with Crippen molar-refractivity contribution in [2.24, 2.45) is 5.92 Å². The number of hydrogen-bond donors (Lipinski definition) is 1. The molecule has 1 atom stereocenters. The minimum atomic E-state index is -4.96. The first-order valence-corrected chi connectivity index (χ1v) is 8.55. The summed E-state index contributed by atoms with van der Waals surface area (Å²) in [7, 11) is 0. The van der Waals surface area contributed by atoms with Crippen LogP contribution in [0.3, 0.4) is 0 Å². The Labute approximate surface area is 164 Å². The zero-order valence-corrected chi connectivity index (χ0v) is 15.5. The van der Waals surface area contributed by atoms with E-state index in [0.29, 0.717) is 26.1 Å². The van der Waals surface area contributed by atoms with Gasteiger partial charge in [-0.25, -0.2) is 4.79 Å². The molecule has 6 nitrogen and oxygen atoms in total. The Morgan fingerprint density at radius 2 is 1.96 bits per heavy atom. The molecule has 0 spiro atoms. The molecular weight excluding hydrogens is 403 g/mol. The number of rotatable bonds is 5. The molecule has 10 heteroatoms. The van der Waals surface area contributed by atoms with E-state index in [1.807, 2.05) is 5.92 Å². The van der Waals surface area contributed by atoms with Crippen molar-refractivity contribution in [2.45, 2.75) is 31.7 Å². The molecule has 0 bridgehead atoms. The van der Waals surface area contributed by atoms with Gasteiger partial charge in [-0.3, -0.25) is 9.69 Å². The number of alkyl halides is 3. The average molecular weight is 420 g/mol. The van der Waals surface area contributed by atoms with Crippen molar-refractivity contribution in [2.75, 3.05) is 18.1 Å². The Morgan fingerprint density at radius 1 is 1.36 bits per heavy atom. The van der Waals surface area contributed by atoms with Crippen LogP contribution in [0.5, 0.6) is 5.75 Å². The van der Waals surface area contributed by atoms with E-state index in [9.17, 15) is 27.9 Å². The lowest BCUT2D eigenvalue weighted by Crippen LogP contribution is -2.60. The fourth-order valence-electron chi connectivity index (χ4n) is 3.21. The van der Waals surface area contributed by atoms with Crippen molar-refractivity contribution >= 4 is 29.2 Å². The number of nitrogens with zero attached hydrogens (tertiary/aromatic N) is 1. The van der Waals surface area contributed by atoms with Crippen LogP contribution in [0, 0.1) is 18.3 Å². The number of terminal acetylenes is 1. The second-order valence-electron chi connectivity index (χ2n) is 6.29. The van der Waals surface area contributed by atoms with Gasteiger partial charge < -0.3 is 14.6 Å². The van der Waals surface area contributed by atoms with Crippen molar-refractivity contribution < 1.29 is 37.3 Å². The number of carbonyl (C=O) groups excluding carboxylic acids is 1. The highest BCUT2D eigenvalue weighted by Gasteiger charge is 2.49. The molecule has 0 aliphatic carbocycles. The van der Waals surface area contributed by atoms with Gasteiger partial charge in [-0.2, -0.15) is 0 Å². The first-order chi connectivity index (χ1) is 13.0. The maximum atomic E-state index is 12.5. The van der Waals surface area contributed by atoms with Gasteiger partial charge in [0.2, 0.25) is 0 Å². The van der Waals surface area contributed by atoms with Crippen LogP contribution in [-0.4, -0.2) is 42.1 Å². The van der Waals surface area contributed by atoms with Gasteiger partial charge in [0.05, 0.1) is 5.02 Å². The summed E-state index contributed by atoms with van der Waals surface area (Å²) in [4.78, 5) is 25.5. The van der Waals surface area contributed by atoms with E-state index in [4.69, 9.17) is 22.8 Å². The monoisotopic (exact) mass is 419 g/mol. The molecule has 1 heterocycles. The maximum Gasteiger partial charge on any atom is 0.573 e. The Morgan fingerprint density at radius 3 is 2.43 bits per heavy atom. The van der Waals surface area contributed by atoms with Crippen LogP contribution in [-0.2, 0) is 14.3 Å². The van der Waals surface area contributed by atoms with Gasteiger partial charge in [-0.1, -0.05) is 11.6 Å². The van der Waals surface area contributed by atoms with Crippen LogP contribution in [0.15, 0.2) is 18.2 Å². The van der Waals surface area contributed by atoms with Crippen LogP contribution in [0.2, 0.25) is 5.02 Å². The summed E-state index contributed by atoms with van der Waals surface area (Å²) in [6.07, 6.45) is 0.984. The van der Waals surface area contributed by atoms with Crippen LogP contribution in [0.4, 0.5) is 18.9 Å². The lowest BCUT2D eigenvalue weighted by atomic mass is 9.78. The molecule has 2 rings (SSSR count). The van der Waals surface area contributed by atoms with Crippen molar-refractivity contribution in [1.29, 1.82) is 0 Å². The van der Waals surface area contributed by atoms with E-state index in [1.165, 1.54) is 6.92 Å². The van der Waals surface area contributed by atoms with Gasteiger partial charge in [0.1, 0.15) is 11.3 Å². The van der Waals surface area contributed by atoms with Crippen LogP contribution in [0.1, 0.15) is 19.8 Å². The number of anilines is 1. The highest BCUT2D eigenvalue weighted by Crippen LogP contribution is 2.39. The quantitative estimate of drug-likeness (QED) is 0.739. The number of benzene rings is 1. The number of carboxylic acid groups (broad SMARTS) is 1. The number of carboxylic acids is 1. The van der Waals surface area contributed by atoms with E-state index in [2.05, 4.69) is 4.74 Å². The molecule has 1 aromatic rings. The summed E-state index contributed by atoms with van der Waals surface area (Å²) >= 11 is 5.86. The summed E-state index contributed by atoms with van der Waals surface area (Å²) in [5.41, 5.74) is -1.82. The molecule has 152 valence electrons. The minimum absolute atomic E-state index is 0.0566. The largest absolute Gasteiger partial charge is 0.573 e. The molecule has 0 aromatic heterocycles. The van der Waals surface area contributed by atoms with Crippen molar-refractivity contribution in [3.8, 4) is 18.1 Å². The average Bonchev–Trinajstić information content (AvgIpc) is 2.63. The number of carbonyl (C=O) groups is 2. The van der Waals surface area contributed by atoms with Crippen molar-refractivity contribution in [1.82, 2.24) is 0 Å². The highest BCUT2D eigenvalue weighted by atomic mass is 35.5. The molecule has 1 fully saturated rings. The van der Waals surface area contributed by atoms with Crippen LogP contribution in [0.25, 0.3) is 0 Å². The molecule has 1 aromatic carbocycles. The number of hydrogen-bond acceptors (Lipinski definition) is 4. The van der Waals surface area contributed by atoms with Crippen molar-refractivity contribution in [3.63, 3.8) is 0 Å². The molecule has 0 radical (unpaired) electrons. The molecule has 1 amide bonds.